The van der Waals surface area contributed by atoms with E-state index in [1.807, 2.05) is 42.2 Å². The van der Waals surface area contributed by atoms with E-state index in [4.69, 9.17) is 9.47 Å². The molecule has 0 atom stereocenters. The van der Waals surface area contributed by atoms with Crippen LogP contribution in [-0.2, 0) is 11.3 Å². The Morgan fingerprint density at radius 1 is 1.14 bits per heavy atom. The number of benzene rings is 2. The number of nitrogens with zero attached hydrogens (tertiary/aromatic N) is 2. The smallest absolute Gasteiger partial charge is 0.258 e. The summed E-state index contributed by atoms with van der Waals surface area (Å²) in [5.74, 6) is 1.31. The van der Waals surface area contributed by atoms with E-state index in [0.29, 0.717) is 41.3 Å². The molecule has 152 valence electrons. The van der Waals surface area contributed by atoms with Crippen molar-refractivity contribution in [2.45, 2.75) is 13.5 Å². The molecule has 0 saturated heterocycles. The predicted molar refractivity (Wildman–Crippen MR) is 111 cm³/mol. The van der Waals surface area contributed by atoms with Crippen LogP contribution in [0.5, 0.6) is 11.5 Å². The minimum absolute atomic E-state index is 0.132. The number of aromatic amines is 1. The number of hydrogen-bond donors (Lipinski definition) is 2. The normalized spacial score (nSPS) is 10.9. The van der Waals surface area contributed by atoms with Gasteiger partial charge in [-0.2, -0.15) is 0 Å². The first-order valence-electron chi connectivity index (χ1n) is 9.26. The fourth-order valence-corrected chi connectivity index (χ4v) is 3.01. The highest BCUT2D eigenvalue weighted by Gasteiger charge is 2.14. The van der Waals surface area contributed by atoms with Crippen LogP contribution in [0, 0.1) is 0 Å². The van der Waals surface area contributed by atoms with Crippen LogP contribution in [0.15, 0.2) is 47.3 Å². The van der Waals surface area contributed by atoms with Crippen molar-refractivity contribution in [3.8, 4) is 11.5 Å². The predicted octanol–water partition coefficient (Wildman–Crippen LogP) is 2.40. The maximum absolute atomic E-state index is 12.5. The number of ether oxygens (including phenoxy) is 2. The summed E-state index contributed by atoms with van der Waals surface area (Å²) >= 11 is 0. The number of anilines is 1. The van der Waals surface area contributed by atoms with E-state index in [9.17, 15) is 9.59 Å². The van der Waals surface area contributed by atoms with Gasteiger partial charge < -0.3 is 19.8 Å². The molecule has 2 aromatic carbocycles. The molecule has 29 heavy (non-hydrogen) atoms. The summed E-state index contributed by atoms with van der Waals surface area (Å²) in [4.78, 5) is 34.1. The van der Waals surface area contributed by atoms with Gasteiger partial charge in [0.2, 0.25) is 5.91 Å². The van der Waals surface area contributed by atoms with E-state index in [1.165, 1.54) is 14.2 Å². The van der Waals surface area contributed by atoms with Gasteiger partial charge in [0.25, 0.3) is 5.56 Å². The minimum Gasteiger partial charge on any atom is -0.493 e. The molecule has 0 bridgehead atoms. The Morgan fingerprint density at radius 2 is 1.83 bits per heavy atom. The summed E-state index contributed by atoms with van der Waals surface area (Å²) in [5.41, 5.74) is 0.980. The van der Waals surface area contributed by atoms with Crippen LogP contribution >= 0.6 is 0 Å². The number of nitrogens with one attached hydrogen (secondary N) is 2. The second-order valence-electron chi connectivity index (χ2n) is 6.45. The van der Waals surface area contributed by atoms with Crippen molar-refractivity contribution < 1.29 is 14.3 Å². The third-order valence-electron chi connectivity index (χ3n) is 4.51. The zero-order valence-corrected chi connectivity index (χ0v) is 16.7. The maximum Gasteiger partial charge on any atom is 0.258 e. The molecule has 8 nitrogen and oxygen atoms in total. The molecule has 0 aliphatic carbocycles. The number of H-pyrrole nitrogens is 1. The fraction of sp³-hybridized carbons (Fsp3) is 0.286. The average Bonchev–Trinajstić information content (AvgIpc) is 2.73. The number of fused-ring (bicyclic) bond motifs is 1. The lowest BCUT2D eigenvalue weighted by molar-refractivity contribution is -0.117. The molecular weight excluding hydrogens is 372 g/mol. The van der Waals surface area contributed by atoms with Crippen molar-refractivity contribution in [1.29, 1.82) is 0 Å². The fourth-order valence-electron chi connectivity index (χ4n) is 3.01. The molecule has 0 aliphatic heterocycles. The average molecular weight is 396 g/mol. The van der Waals surface area contributed by atoms with Gasteiger partial charge in [-0.3, -0.25) is 14.5 Å². The molecule has 3 rings (SSSR count). The maximum atomic E-state index is 12.5. The molecule has 8 heteroatoms. The third kappa shape index (κ3) is 4.91. The Morgan fingerprint density at radius 3 is 2.48 bits per heavy atom. The van der Waals surface area contributed by atoms with E-state index >= 15 is 0 Å². The number of likely N-dealkylation sites (N-methyl/N-ethyl adjacent to an activating group) is 1. The second kappa shape index (κ2) is 9.20. The zero-order chi connectivity index (χ0) is 20.8. The molecule has 0 fully saturated rings. The van der Waals surface area contributed by atoms with Gasteiger partial charge in [-0.15, -0.1) is 0 Å². The highest BCUT2D eigenvalue weighted by Crippen LogP contribution is 2.29. The van der Waals surface area contributed by atoms with Gasteiger partial charge in [0.05, 0.1) is 38.2 Å². The summed E-state index contributed by atoms with van der Waals surface area (Å²) in [6.07, 6.45) is 0. The van der Waals surface area contributed by atoms with Crippen molar-refractivity contribution in [3.63, 3.8) is 0 Å². The Kier molecular flexibility index (Phi) is 6.46. The Labute approximate surface area is 168 Å². The summed E-state index contributed by atoms with van der Waals surface area (Å²) in [7, 11) is 3.04. The topological polar surface area (TPSA) is 96.6 Å². The van der Waals surface area contributed by atoms with Gasteiger partial charge in [0.1, 0.15) is 5.82 Å². The summed E-state index contributed by atoms with van der Waals surface area (Å²) in [5, 5.41) is 3.27. The van der Waals surface area contributed by atoms with Gasteiger partial charge in [0.15, 0.2) is 11.5 Å². The van der Waals surface area contributed by atoms with Crippen LogP contribution in [0.25, 0.3) is 10.9 Å². The first-order chi connectivity index (χ1) is 14.0. The first kappa shape index (κ1) is 20.3. The molecule has 1 heterocycles. The number of hydrogen-bond acceptors (Lipinski definition) is 6. The zero-order valence-electron chi connectivity index (χ0n) is 16.7. The number of amides is 1. The first-order valence-corrected chi connectivity index (χ1v) is 9.26. The monoisotopic (exact) mass is 396 g/mol. The van der Waals surface area contributed by atoms with Crippen molar-refractivity contribution >= 4 is 22.5 Å². The molecule has 0 aliphatic rings. The standard InChI is InChI=1S/C21H24N4O4/c1-4-25(13-20(26)22-14-8-6-5-7-9-14)12-19-23-16-11-18(29-3)17(28-2)10-15(16)21(27)24-19/h5-11H,4,12-13H2,1-3H3,(H,22,26)(H,23,24,27). The molecule has 0 radical (unpaired) electrons. The van der Waals surface area contributed by atoms with Gasteiger partial charge >= 0.3 is 0 Å². The van der Waals surface area contributed by atoms with E-state index < -0.39 is 0 Å². The second-order valence-corrected chi connectivity index (χ2v) is 6.45. The van der Waals surface area contributed by atoms with Crippen LogP contribution in [0.1, 0.15) is 12.7 Å². The molecule has 1 aromatic heterocycles. The number of aromatic nitrogens is 2. The van der Waals surface area contributed by atoms with E-state index in [1.54, 1.807) is 12.1 Å². The largest absolute Gasteiger partial charge is 0.493 e. The summed E-state index contributed by atoms with van der Waals surface area (Å²) < 4.78 is 10.5. The highest BCUT2D eigenvalue weighted by molar-refractivity contribution is 5.92. The van der Waals surface area contributed by atoms with Crippen molar-refractivity contribution in [1.82, 2.24) is 14.9 Å². The Bertz CT molecular complexity index is 1050. The van der Waals surface area contributed by atoms with Crippen LogP contribution < -0.4 is 20.3 Å². The quantitative estimate of drug-likeness (QED) is 0.607. The van der Waals surface area contributed by atoms with Gasteiger partial charge in [-0.1, -0.05) is 25.1 Å². The summed E-state index contributed by atoms with van der Waals surface area (Å²) in [6, 6.07) is 12.6. The van der Waals surface area contributed by atoms with Gasteiger partial charge in [0, 0.05) is 11.8 Å². The number of carbonyl (C=O) groups excluding carboxylic acids is 1. The molecule has 3 aromatic rings. The Hall–Kier alpha value is -3.39. The lowest BCUT2D eigenvalue weighted by Gasteiger charge is -2.19. The lowest BCUT2D eigenvalue weighted by Crippen LogP contribution is -2.33. The van der Waals surface area contributed by atoms with Crippen LogP contribution in [0.2, 0.25) is 0 Å². The molecule has 0 saturated carbocycles. The number of methoxy groups -OCH3 is 2. The Balaban J connectivity index is 1.78. The van der Waals surface area contributed by atoms with E-state index in [-0.39, 0.29) is 18.0 Å². The number of para-hydroxylation sites is 1. The van der Waals surface area contributed by atoms with Crippen LogP contribution in [-0.4, -0.2) is 48.1 Å². The molecule has 2 N–H and O–H groups in total. The highest BCUT2D eigenvalue weighted by atomic mass is 16.5. The number of rotatable bonds is 8. The number of carbonyl (C=O) groups is 1. The van der Waals surface area contributed by atoms with Gasteiger partial charge in [-0.25, -0.2) is 4.98 Å². The molecule has 1 amide bonds. The van der Waals surface area contributed by atoms with Gasteiger partial charge in [-0.05, 0) is 24.7 Å². The van der Waals surface area contributed by atoms with Crippen molar-refractivity contribution in [3.05, 3.63) is 58.6 Å². The minimum atomic E-state index is -0.268. The van der Waals surface area contributed by atoms with Crippen molar-refractivity contribution in [2.24, 2.45) is 0 Å². The van der Waals surface area contributed by atoms with Crippen molar-refractivity contribution in [2.75, 3.05) is 32.6 Å². The molecular formula is C21H24N4O4. The third-order valence-corrected chi connectivity index (χ3v) is 4.51. The molecule has 0 unspecified atom stereocenters. The lowest BCUT2D eigenvalue weighted by atomic mass is 10.2. The summed E-state index contributed by atoms with van der Waals surface area (Å²) in [6.45, 7) is 3.08. The SMILES string of the molecule is CCN(CC(=O)Nc1ccccc1)Cc1nc2cc(OC)c(OC)cc2c(=O)[nH]1. The molecule has 0 spiro atoms. The van der Waals surface area contributed by atoms with Crippen LogP contribution in [0.3, 0.4) is 0 Å². The van der Waals surface area contributed by atoms with E-state index in [2.05, 4.69) is 15.3 Å². The van der Waals surface area contributed by atoms with E-state index in [0.717, 1.165) is 5.69 Å². The van der Waals surface area contributed by atoms with Crippen LogP contribution in [0.4, 0.5) is 5.69 Å².